The molecular weight excluding hydrogens is 364 g/mol. The van der Waals surface area contributed by atoms with Gasteiger partial charge in [0, 0.05) is 23.8 Å². The number of unbranched alkanes of at least 4 members (excludes halogenated alkanes) is 4. The Morgan fingerprint density at radius 1 is 0.667 bits per heavy atom. The van der Waals surface area contributed by atoms with Crippen LogP contribution < -0.4 is 0 Å². The van der Waals surface area contributed by atoms with Crippen LogP contribution in [-0.2, 0) is 12.8 Å². The van der Waals surface area contributed by atoms with Gasteiger partial charge in [0.15, 0.2) is 0 Å². The highest BCUT2D eigenvalue weighted by Crippen LogP contribution is 2.32. The predicted molar refractivity (Wildman–Crippen MR) is 129 cm³/mol. The third-order valence-electron chi connectivity index (χ3n) is 6.39. The summed E-state index contributed by atoms with van der Waals surface area (Å²) < 4.78 is 0. The number of rotatable bonds is 17. The molecule has 0 aliphatic heterocycles. The van der Waals surface area contributed by atoms with Crippen LogP contribution in [0, 0.1) is 18.8 Å². The molecule has 1 radical (unpaired) electrons. The molecule has 0 fully saturated rings. The van der Waals surface area contributed by atoms with Crippen LogP contribution in [0.3, 0.4) is 0 Å². The summed E-state index contributed by atoms with van der Waals surface area (Å²) in [5.74, 6) is 1.70. The first-order valence-electron chi connectivity index (χ1n) is 12.4. The fourth-order valence-electron chi connectivity index (χ4n) is 4.68. The first-order valence-corrected chi connectivity index (χ1v) is 12.4. The molecule has 30 heavy (non-hydrogen) atoms. The van der Waals surface area contributed by atoms with Crippen molar-refractivity contribution < 1.29 is 0 Å². The molecule has 0 amide bonds. The maximum absolute atomic E-state index is 4.52. The van der Waals surface area contributed by atoms with Gasteiger partial charge in [-0.2, -0.15) is 0 Å². The maximum Gasteiger partial charge on any atom is 0.0403 e. The number of nitrogens with zero attached hydrogens (tertiary/aromatic N) is 2. The Kier molecular flexibility index (Phi) is 13.1. The van der Waals surface area contributed by atoms with E-state index in [0.29, 0.717) is 0 Å². The lowest BCUT2D eigenvalue weighted by Crippen LogP contribution is -2.16. The second-order valence-electron chi connectivity index (χ2n) is 8.79. The van der Waals surface area contributed by atoms with E-state index in [1.807, 2.05) is 24.5 Å². The van der Waals surface area contributed by atoms with Crippen molar-refractivity contribution in [1.29, 1.82) is 0 Å². The van der Waals surface area contributed by atoms with Gasteiger partial charge < -0.3 is 0 Å². The van der Waals surface area contributed by atoms with Crippen molar-refractivity contribution >= 4 is 0 Å². The highest BCUT2D eigenvalue weighted by Gasteiger charge is 2.20. The van der Waals surface area contributed by atoms with E-state index in [2.05, 4.69) is 48.1 Å². The molecule has 2 nitrogen and oxygen atoms in total. The quantitative estimate of drug-likeness (QED) is 0.248. The maximum atomic E-state index is 4.52. The lowest BCUT2D eigenvalue weighted by atomic mass is 9.78. The van der Waals surface area contributed by atoms with Crippen LogP contribution in [0.15, 0.2) is 48.8 Å². The molecule has 0 N–H and O–H groups in total. The normalized spacial score (nSPS) is 13.3. The predicted octanol–water partition coefficient (Wildman–Crippen LogP) is 8.03. The van der Waals surface area contributed by atoms with Gasteiger partial charge in [-0.25, -0.2) is 0 Å². The molecule has 0 saturated heterocycles. The molecule has 2 heteroatoms. The van der Waals surface area contributed by atoms with Crippen LogP contribution in [0.2, 0.25) is 0 Å². The van der Waals surface area contributed by atoms with E-state index >= 15 is 0 Å². The molecule has 0 bridgehead atoms. The summed E-state index contributed by atoms with van der Waals surface area (Å²) in [4.78, 5) is 8.98. The van der Waals surface area contributed by atoms with Crippen molar-refractivity contribution in [1.82, 2.24) is 9.97 Å². The van der Waals surface area contributed by atoms with Gasteiger partial charge in [-0.05, 0) is 68.2 Å². The van der Waals surface area contributed by atoms with E-state index in [1.54, 1.807) is 0 Å². The van der Waals surface area contributed by atoms with Crippen LogP contribution in [0.25, 0.3) is 0 Å². The van der Waals surface area contributed by atoms with Gasteiger partial charge in [0.1, 0.15) is 0 Å². The molecule has 0 aliphatic carbocycles. The molecule has 2 atom stereocenters. The Balaban J connectivity index is 1.80. The Labute approximate surface area is 185 Å². The lowest BCUT2D eigenvalue weighted by Gasteiger charge is -2.27. The molecule has 2 aromatic heterocycles. The van der Waals surface area contributed by atoms with Gasteiger partial charge in [0.05, 0.1) is 0 Å². The average molecular weight is 408 g/mol. The fourth-order valence-corrected chi connectivity index (χ4v) is 4.68. The zero-order chi connectivity index (χ0) is 21.3. The zero-order valence-corrected chi connectivity index (χ0v) is 19.3. The topological polar surface area (TPSA) is 25.8 Å². The van der Waals surface area contributed by atoms with Crippen LogP contribution in [0.4, 0.5) is 0 Å². The molecule has 0 spiro atoms. The second kappa shape index (κ2) is 16.1. The first kappa shape index (κ1) is 24.6. The second-order valence-corrected chi connectivity index (χ2v) is 8.79. The summed E-state index contributed by atoms with van der Waals surface area (Å²) in [5.41, 5.74) is 2.48. The fraction of sp³-hybridized carbons (Fsp3) is 0.607. The minimum absolute atomic E-state index is 0.849. The molecule has 0 saturated carbocycles. The Bertz CT molecular complexity index is 626. The minimum Gasteiger partial charge on any atom is -0.261 e. The number of aryl methyl sites for hydroxylation is 2. The van der Waals surface area contributed by atoms with Gasteiger partial charge >= 0.3 is 0 Å². The van der Waals surface area contributed by atoms with Crippen LogP contribution in [0.1, 0.15) is 95.4 Å². The van der Waals surface area contributed by atoms with Crippen LogP contribution >= 0.6 is 0 Å². The Morgan fingerprint density at radius 3 is 1.80 bits per heavy atom. The SMILES string of the molecule is [CH2]CCC(CCCCC)C(CCCCCc1ccccn1)CCCc1ccccn1. The largest absolute Gasteiger partial charge is 0.261 e. The molecule has 165 valence electrons. The van der Waals surface area contributed by atoms with Crippen molar-refractivity contribution in [3.05, 3.63) is 67.1 Å². The summed E-state index contributed by atoms with van der Waals surface area (Å²) >= 11 is 0. The molecule has 2 unspecified atom stereocenters. The molecular formula is C28H43N2. The van der Waals surface area contributed by atoms with Crippen molar-refractivity contribution in [2.45, 2.75) is 96.8 Å². The molecule has 2 aromatic rings. The molecule has 0 aromatic carbocycles. The van der Waals surface area contributed by atoms with E-state index in [4.69, 9.17) is 0 Å². The molecule has 2 rings (SSSR count). The highest BCUT2D eigenvalue weighted by atomic mass is 14.7. The van der Waals surface area contributed by atoms with Crippen LogP contribution in [0.5, 0.6) is 0 Å². The highest BCUT2D eigenvalue weighted by molar-refractivity contribution is 5.04. The van der Waals surface area contributed by atoms with E-state index in [1.165, 1.54) is 82.0 Å². The van der Waals surface area contributed by atoms with Gasteiger partial charge in [-0.15, -0.1) is 0 Å². The number of pyridine rings is 2. The summed E-state index contributed by atoms with van der Waals surface area (Å²) in [5, 5.41) is 0. The van der Waals surface area contributed by atoms with E-state index in [0.717, 1.165) is 31.1 Å². The zero-order valence-electron chi connectivity index (χ0n) is 19.3. The smallest absolute Gasteiger partial charge is 0.0403 e. The molecule has 2 heterocycles. The Morgan fingerprint density at radius 2 is 1.23 bits per heavy atom. The number of hydrogen-bond acceptors (Lipinski definition) is 2. The summed E-state index contributed by atoms with van der Waals surface area (Å²) in [6.45, 7) is 6.50. The van der Waals surface area contributed by atoms with Gasteiger partial charge in [0.2, 0.25) is 0 Å². The minimum atomic E-state index is 0.849. The number of aromatic nitrogens is 2. The van der Waals surface area contributed by atoms with E-state index in [9.17, 15) is 0 Å². The van der Waals surface area contributed by atoms with Crippen molar-refractivity contribution in [2.75, 3.05) is 0 Å². The third kappa shape index (κ3) is 10.4. The van der Waals surface area contributed by atoms with Crippen LogP contribution in [-0.4, -0.2) is 9.97 Å². The summed E-state index contributed by atoms with van der Waals surface area (Å²) in [7, 11) is 0. The van der Waals surface area contributed by atoms with Gasteiger partial charge in [-0.3, -0.25) is 9.97 Å². The number of hydrogen-bond donors (Lipinski definition) is 0. The average Bonchev–Trinajstić information content (AvgIpc) is 2.79. The van der Waals surface area contributed by atoms with E-state index < -0.39 is 0 Å². The van der Waals surface area contributed by atoms with Gasteiger partial charge in [0.25, 0.3) is 0 Å². The van der Waals surface area contributed by atoms with Gasteiger partial charge in [-0.1, -0.05) is 83.8 Å². The van der Waals surface area contributed by atoms with E-state index in [-0.39, 0.29) is 0 Å². The van der Waals surface area contributed by atoms with Crippen molar-refractivity contribution in [3.63, 3.8) is 0 Å². The standard InChI is InChI=1S/C28H43N2/c1-3-5-7-16-25(15-4-2)26(18-14-22-28-21-11-13-24-30-28)17-8-6-9-19-27-20-10-12-23-29-27/h10-13,20-21,23-26H,2-9,14-19,22H2,1H3. The first-order chi connectivity index (χ1) is 14.8. The molecule has 0 aliphatic rings. The monoisotopic (exact) mass is 407 g/mol. The summed E-state index contributed by atoms with van der Waals surface area (Å²) in [6, 6.07) is 12.5. The third-order valence-corrected chi connectivity index (χ3v) is 6.39. The van der Waals surface area contributed by atoms with Crippen molar-refractivity contribution in [3.8, 4) is 0 Å². The van der Waals surface area contributed by atoms with Crippen molar-refractivity contribution in [2.24, 2.45) is 11.8 Å². The lowest BCUT2D eigenvalue weighted by molar-refractivity contribution is 0.246. The summed E-state index contributed by atoms with van der Waals surface area (Å²) in [6.07, 6.45) is 21.8. The Hall–Kier alpha value is -1.70.